The van der Waals surface area contributed by atoms with Crippen molar-refractivity contribution < 1.29 is 0 Å². The van der Waals surface area contributed by atoms with E-state index in [9.17, 15) is 0 Å². The first-order valence-corrected chi connectivity index (χ1v) is 6.68. The average molecular weight is 210 g/mol. The maximum atomic E-state index is 6.47. The summed E-state index contributed by atoms with van der Waals surface area (Å²) in [6, 6.07) is 0.771. The molecule has 2 N–H and O–H groups in total. The Balaban J connectivity index is 2.03. The zero-order valence-electron chi connectivity index (χ0n) is 10.3. The molecule has 0 spiro atoms. The van der Waals surface area contributed by atoms with Crippen molar-refractivity contribution in [2.24, 2.45) is 11.7 Å². The SMILES string of the molecule is CC1CCN(C2CCCCCC2)C1(C)N. The summed E-state index contributed by atoms with van der Waals surface area (Å²) < 4.78 is 0. The van der Waals surface area contributed by atoms with E-state index in [1.807, 2.05) is 0 Å². The highest BCUT2D eigenvalue weighted by atomic mass is 15.3. The lowest BCUT2D eigenvalue weighted by Gasteiger charge is -2.40. The molecule has 0 amide bonds. The third-order valence-corrected chi connectivity index (χ3v) is 4.69. The Hall–Kier alpha value is -0.0800. The van der Waals surface area contributed by atoms with Gasteiger partial charge in [-0.2, -0.15) is 0 Å². The summed E-state index contributed by atoms with van der Waals surface area (Å²) in [5, 5.41) is 0. The van der Waals surface area contributed by atoms with Crippen LogP contribution in [-0.4, -0.2) is 23.1 Å². The van der Waals surface area contributed by atoms with E-state index in [0.717, 1.165) is 6.04 Å². The van der Waals surface area contributed by atoms with Gasteiger partial charge in [0.2, 0.25) is 0 Å². The lowest BCUT2D eigenvalue weighted by molar-refractivity contribution is 0.0739. The minimum atomic E-state index is -0.0466. The normalized spacial score (nSPS) is 40.6. The molecule has 0 aromatic rings. The maximum Gasteiger partial charge on any atom is 0.0687 e. The smallest absolute Gasteiger partial charge is 0.0687 e. The molecule has 0 aromatic carbocycles. The van der Waals surface area contributed by atoms with Gasteiger partial charge in [0.25, 0.3) is 0 Å². The summed E-state index contributed by atoms with van der Waals surface area (Å²) >= 11 is 0. The van der Waals surface area contributed by atoms with Gasteiger partial charge < -0.3 is 5.73 Å². The van der Waals surface area contributed by atoms with Crippen LogP contribution in [0.25, 0.3) is 0 Å². The second kappa shape index (κ2) is 4.42. The standard InChI is InChI=1S/C13H26N2/c1-11-9-10-15(13(11,2)14)12-7-5-3-4-6-8-12/h11-12H,3-10,14H2,1-2H3. The molecule has 2 rings (SSSR count). The number of hydrogen-bond acceptors (Lipinski definition) is 2. The molecule has 1 saturated carbocycles. The molecule has 1 aliphatic heterocycles. The molecule has 0 aromatic heterocycles. The zero-order chi connectivity index (χ0) is 10.9. The molecule has 0 bridgehead atoms. The fourth-order valence-electron chi connectivity index (χ4n) is 3.29. The van der Waals surface area contributed by atoms with Gasteiger partial charge in [-0.15, -0.1) is 0 Å². The second-order valence-electron chi connectivity index (χ2n) is 5.75. The van der Waals surface area contributed by atoms with Crippen LogP contribution in [0.2, 0.25) is 0 Å². The molecule has 2 atom stereocenters. The van der Waals surface area contributed by atoms with Crippen molar-refractivity contribution in [3.63, 3.8) is 0 Å². The highest BCUT2D eigenvalue weighted by Crippen LogP contribution is 2.35. The fraction of sp³-hybridized carbons (Fsp3) is 1.00. The number of rotatable bonds is 1. The van der Waals surface area contributed by atoms with Gasteiger partial charge in [-0.1, -0.05) is 32.6 Å². The Kier molecular flexibility index (Phi) is 3.36. The first kappa shape index (κ1) is 11.4. The van der Waals surface area contributed by atoms with Crippen LogP contribution in [0.5, 0.6) is 0 Å². The summed E-state index contributed by atoms with van der Waals surface area (Å²) in [5.41, 5.74) is 6.43. The fourth-order valence-corrected chi connectivity index (χ4v) is 3.29. The van der Waals surface area contributed by atoms with Crippen LogP contribution in [0.1, 0.15) is 58.8 Å². The van der Waals surface area contributed by atoms with Gasteiger partial charge in [0, 0.05) is 12.6 Å². The van der Waals surface area contributed by atoms with Crippen LogP contribution in [0.4, 0.5) is 0 Å². The van der Waals surface area contributed by atoms with Crippen molar-refractivity contribution in [3.8, 4) is 0 Å². The van der Waals surface area contributed by atoms with Gasteiger partial charge in [0.05, 0.1) is 5.66 Å². The van der Waals surface area contributed by atoms with E-state index in [2.05, 4.69) is 18.7 Å². The molecule has 1 heterocycles. The summed E-state index contributed by atoms with van der Waals surface area (Å²) in [4.78, 5) is 2.60. The number of likely N-dealkylation sites (tertiary alicyclic amines) is 1. The van der Waals surface area contributed by atoms with E-state index in [1.54, 1.807) is 0 Å². The van der Waals surface area contributed by atoms with Crippen LogP contribution >= 0.6 is 0 Å². The molecular weight excluding hydrogens is 184 g/mol. The molecule has 2 fully saturated rings. The summed E-state index contributed by atoms with van der Waals surface area (Å²) in [7, 11) is 0. The first-order valence-electron chi connectivity index (χ1n) is 6.68. The molecule has 2 aliphatic rings. The van der Waals surface area contributed by atoms with E-state index < -0.39 is 0 Å². The van der Waals surface area contributed by atoms with Crippen LogP contribution in [0.3, 0.4) is 0 Å². The lowest BCUT2D eigenvalue weighted by Crippen LogP contribution is -2.56. The van der Waals surface area contributed by atoms with Gasteiger partial charge in [0.15, 0.2) is 0 Å². The summed E-state index contributed by atoms with van der Waals surface area (Å²) in [6.07, 6.45) is 9.71. The highest BCUT2D eigenvalue weighted by molar-refractivity contribution is 4.95. The van der Waals surface area contributed by atoms with Crippen LogP contribution in [0, 0.1) is 5.92 Å². The summed E-state index contributed by atoms with van der Waals surface area (Å²) in [6.45, 7) is 5.76. The Morgan fingerprint density at radius 3 is 2.13 bits per heavy atom. The maximum absolute atomic E-state index is 6.47. The predicted octanol–water partition coefficient (Wildman–Crippen LogP) is 2.73. The van der Waals surface area contributed by atoms with Gasteiger partial charge in [-0.05, 0) is 32.1 Å². The topological polar surface area (TPSA) is 29.3 Å². The molecule has 2 nitrogen and oxygen atoms in total. The molecule has 1 saturated heterocycles. The largest absolute Gasteiger partial charge is 0.313 e. The van der Waals surface area contributed by atoms with E-state index in [0.29, 0.717) is 5.92 Å². The van der Waals surface area contributed by atoms with E-state index in [-0.39, 0.29) is 5.66 Å². The third-order valence-electron chi connectivity index (χ3n) is 4.69. The van der Waals surface area contributed by atoms with Crippen molar-refractivity contribution in [3.05, 3.63) is 0 Å². The van der Waals surface area contributed by atoms with Crippen LogP contribution in [-0.2, 0) is 0 Å². The minimum Gasteiger partial charge on any atom is -0.313 e. The van der Waals surface area contributed by atoms with E-state index in [1.165, 1.54) is 51.5 Å². The second-order valence-corrected chi connectivity index (χ2v) is 5.75. The van der Waals surface area contributed by atoms with Crippen molar-refractivity contribution in [2.75, 3.05) is 6.54 Å². The molecular formula is C13H26N2. The third kappa shape index (κ3) is 2.21. The van der Waals surface area contributed by atoms with E-state index >= 15 is 0 Å². The zero-order valence-corrected chi connectivity index (χ0v) is 10.3. The molecule has 2 unspecified atom stereocenters. The van der Waals surface area contributed by atoms with Crippen molar-refractivity contribution in [1.29, 1.82) is 0 Å². The van der Waals surface area contributed by atoms with Crippen LogP contribution in [0.15, 0.2) is 0 Å². The average Bonchev–Trinajstić information content (AvgIpc) is 2.46. The molecule has 2 heteroatoms. The Labute approximate surface area is 94.2 Å². The highest BCUT2D eigenvalue weighted by Gasteiger charge is 2.42. The molecule has 15 heavy (non-hydrogen) atoms. The number of nitrogens with zero attached hydrogens (tertiary/aromatic N) is 1. The van der Waals surface area contributed by atoms with Crippen LogP contribution < -0.4 is 5.73 Å². The summed E-state index contributed by atoms with van der Waals surface area (Å²) in [5.74, 6) is 0.653. The first-order chi connectivity index (χ1) is 7.12. The molecule has 88 valence electrons. The van der Waals surface area contributed by atoms with Crippen molar-refractivity contribution in [2.45, 2.75) is 70.5 Å². The predicted molar refractivity (Wildman–Crippen MR) is 64.6 cm³/mol. The lowest BCUT2D eigenvalue weighted by atomic mass is 9.96. The number of hydrogen-bond donors (Lipinski definition) is 1. The Bertz CT molecular complexity index is 205. The number of nitrogens with two attached hydrogens (primary N) is 1. The quantitative estimate of drug-likeness (QED) is 0.674. The van der Waals surface area contributed by atoms with Crippen molar-refractivity contribution >= 4 is 0 Å². The molecule has 0 radical (unpaired) electrons. The van der Waals surface area contributed by atoms with E-state index in [4.69, 9.17) is 5.73 Å². The van der Waals surface area contributed by atoms with Gasteiger partial charge in [-0.3, -0.25) is 4.90 Å². The Morgan fingerprint density at radius 2 is 1.67 bits per heavy atom. The molecule has 1 aliphatic carbocycles. The minimum absolute atomic E-state index is 0.0466. The Morgan fingerprint density at radius 1 is 1.07 bits per heavy atom. The van der Waals surface area contributed by atoms with Gasteiger partial charge >= 0.3 is 0 Å². The van der Waals surface area contributed by atoms with Gasteiger partial charge in [-0.25, -0.2) is 0 Å². The van der Waals surface area contributed by atoms with Gasteiger partial charge in [0.1, 0.15) is 0 Å². The van der Waals surface area contributed by atoms with Crippen molar-refractivity contribution in [1.82, 2.24) is 4.90 Å². The monoisotopic (exact) mass is 210 g/mol.